The van der Waals surface area contributed by atoms with Crippen molar-refractivity contribution in [2.24, 2.45) is 0 Å². The summed E-state index contributed by atoms with van der Waals surface area (Å²) in [5.41, 5.74) is 1.24. The van der Waals surface area contributed by atoms with Crippen molar-refractivity contribution < 1.29 is 19.7 Å². The van der Waals surface area contributed by atoms with Crippen molar-refractivity contribution >= 4 is 11.8 Å². The van der Waals surface area contributed by atoms with E-state index < -0.39 is 6.16 Å². The van der Waals surface area contributed by atoms with Gasteiger partial charge in [0.1, 0.15) is 6.23 Å². The van der Waals surface area contributed by atoms with Crippen molar-refractivity contribution in [3.63, 3.8) is 0 Å². The number of para-hydroxylation sites is 1. The molecule has 1 aliphatic heterocycles. The van der Waals surface area contributed by atoms with E-state index in [-0.39, 0.29) is 6.23 Å². The fourth-order valence-electron chi connectivity index (χ4n) is 1.80. The zero-order valence-corrected chi connectivity index (χ0v) is 10.2. The summed E-state index contributed by atoms with van der Waals surface area (Å²) in [5, 5.41) is 17.3. The number of carbonyl (C=O) groups is 1. The van der Waals surface area contributed by atoms with E-state index in [1.165, 1.54) is 5.69 Å². The molecule has 1 aliphatic rings. The molecule has 0 amide bonds. The minimum absolute atomic E-state index is 0.158. The van der Waals surface area contributed by atoms with Crippen LogP contribution in [-0.2, 0) is 4.74 Å². The molecule has 1 fully saturated rings. The standard InChI is InChI=1S/C11H16N2O.CH2O3/c1-14-11-9-12-7-8-13(11)10-5-3-2-4-6-10;2-1(3)4/h2-6,11-12H,7-9H2,1H3;(H2,2,3,4). The van der Waals surface area contributed by atoms with Crippen LogP contribution in [0.1, 0.15) is 0 Å². The van der Waals surface area contributed by atoms with E-state index in [0.717, 1.165) is 19.6 Å². The van der Waals surface area contributed by atoms with E-state index in [0.29, 0.717) is 0 Å². The molecule has 3 N–H and O–H groups in total. The number of nitrogens with one attached hydrogen (secondary N) is 1. The highest BCUT2D eigenvalue weighted by Crippen LogP contribution is 2.17. The van der Waals surface area contributed by atoms with E-state index in [2.05, 4.69) is 34.5 Å². The molecule has 2 rings (SSSR count). The van der Waals surface area contributed by atoms with Crippen LogP contribution in [0.3, 0.4) is 0 Å². The van der Waals surface area contributed by atoms with Gasteiger partial charge in [-0.05, 0) is 12.1 Å². The zero-order valence-electron chi connectivity index (χ0n) is 10.2. The first-order chi connectivity index (χ1) is 8.65. The average molecular weight is 254 g/mol. The minimum atomic E-state index is -1.83. The fraction of sp³-hybridized carbons (Fsp3) is 0.417. The van der Waals surface area contributed by atoms with Crippen molar-refractivity contribution in [2.75, 3.05) is 31.6 Å². The van der Waals surface area contributed by atoms with Crippen LogP contribution in [0.2, 0.25) is 0 Å². The molecule has 1 aromatic rings. The molecule has 100 valence electrons. The summed E-state index contributed by atoms with van der Waals surface area (Å²) in [5.74, 6) is 0. The molecule has 18 heavy (non-hydrogen) atoms. The largest absolute Gasteiger partial charge is 0.503 e. The lowest BCUT2D eigenvalue weighted by atomic mass is 10.2. The van der Waals surface area contributed by atoms with Crippen molar-refractivity contribution in [1.82, 2.24) is 5.32 Å². The van der Waals surface area contributed by atoms with Gasteiger partial charge in [-0.2, -0.15) is 0 Å². The summed E-state index contributed by atoms with van der Waals surface area (Å²) in [6.45, 7) is 2.92. The van der Waals surface area contributed by atoms with Gasteiger partial charge in [-0.1, -0.05) is 18.2 Å². The lowest BCUT2D eigenvalue weighted by Crippen LogP contribution is -2.52. The van der Waals surface area contributed by atoms with E-state index >= 15 is 0 Å². The normalized spacial score (nSPS) is 18.7. The summed E-state index contributed by atoms with van der Waals surface area (Å²) in [7, 11) is 1.76. The highest BCUT2D eigenvalue weighted by atomic mass is 16.6. The molecule has 1 atom stereocenters. The maximum Gasteiger partial charge on any atom is 0.503 e. The number of nitrogens with zero attached hydrogens (tertiary/aromatic N) is 1. The Morgan fingerprint density at radius 1 is 1.39 bits per heavy atom. The molecule has 1 aromatic carbocycles. The number of hydrogen-bond donors (Lipinski definition) is 3. The fourth-order valence-corrected chi connectivity index (χ4v) is 1.80. The number of piperazine rings is 1. The Morgan fingerprint density at radius 2 is 2.00 bits per heavy atom. The molecule has 1 heterocycles. The molecule has 1 saturated heterocycles. The van der Waals surface area contributed by atoms with Crippen LogP contribution in [-0.4, -0.2) is 49.3 Å². The lowest BCUT2D eigenvalue weighted by Gasteiger charge is -2.36. The maximum atomic E-state index is 8.56. The van der Waals surface area contributed by atoms with Gasteiger partial charge in [0.15, 0.2) is 0 Å². The van der Waals surface area contributed by atoms with E-state index in [1.54, 1.807) is 7.11 Å². The van der Waals surface area contributed by atoms with Crippen molar-refractivity contribution in [3.8, 4) is 0 Å². The number of rotatable bonds is 2. The number of carboxylic acid groups (broad SMARTS) is 2. The second-order valence-electron chi connectivity index (χ2n) is 3.71. The van der Waals surface area contributed by atoms with Crippen LogP contribution in [0.15, 0.2) is 30.3 Å². The van der Waals surface area contributed by atoms with Crippen LogP contribution in [0, 0.1) is 0 Å². The predicted molar refractivity (Wildman–Crippen MR) is 68.1 cm³/mol. The van der Waals surface area contributed by atoms with Crippen molar-refractivity contribution in [2.45, 2.75) is 6.23 Å². The molecule has 0 aromatic heterocycles. The third-order valence-electron chi connectivity index (χ3n) is 2.56. The lowest BCUT2D eigenvalue weighted by molar-refractivity contribution is 0.0881. The van der Waals surface area contributed by atoms with E-state index in [4.69, 9.17) is 19.7 Å². The van der Waals surface area contributed by atoms with Gasteiger partial charge in [-0.15, -0.1) is 0 Å². The third kappa shape index (κ3) is 4.60. The molecule has 0 bridgehead atoms. The molecular weight excluding hydrogens is 236 g/mol. The van der Waals surface area contributed by atoms with Gasteiger partial charge >= 0.3 is 6.16 Å². The van der Waals surface area contributed by atoms with Crippen LogP contribution in [0.5, 0.6) is 0 Å². The number of ether oxygens (including phenoxy) is 1. The first kappa shape index (κ1) is 14.3. The topological polar surface area (TPSA) is 82.0 Å². The second kappa shape index (κ2) is 7.52. The van der Waals surface area contributed by atoms with Gasteiger partial charge in [0.25, 0.3) is 0 Å². The van der Waals surface area contributed by atoms with E-state index in [9.17, 15) is 0 Å². The molecule has 1 unspecified atom stereocenters. The smallest absolute Gasteiger partial charge is 0.450 e. The van der Waals surface area contributed by atoms with Crippen LogP contribution in [0.4, 0.5) is 10.5 Å². The molecule has 0 aliphatic carbocycles. The summed E-state index contributed by atoms with van der Waals surface area (Å²) in [6, 6.07) is 10.4. The highest BCUT2D eigenvalue weighted by molar-refractivity contribution is 5.53. The SMILES string of the molecule is COC1CNCCN1c1ccccc1.O=C(O)O. The number of benzene rings is 1. The van der Waals surface area contributed by atoms with Crippen LogP contribution < -0.4 is 10.2 Å². The molecule has 0 spiro atoms. The second-order valence-corrected chi connectivity index (χ2v) is 3.71. The number of anilines is 1. The molecule has 0 radical (unpaired) electrons. The predicted octanol–water partition coefficient (Wildman–Crippen LogP) is 1.29. The Morgan fingerprint density at radius 3 is 2.56 bits per heavy atom. The molecule has 6 heteroatoms. The Labute approximate surface area is 106 Å². The minimum Gasteiger partial charge on any atom is -0.450 e. The Balaban J connectivity index is 0.000000357. The third-order valence-corrected chi connectivity index (χ3v) is 2.56. The number of hydrogen-bond acceptors (Lipinski definition) is 4. The summed E-state index contributed by atoms with van der Waals surface area (Å²) in [6.07, 6.45) is -1.67. The quantitative estimate of drug-likeness (QED) is 0.737. The van der Waals surface area contributed by atoms with Crippen LogP contribution in [0.25, 0.3) is 0 Å². The van der Waals surface area contributed by atoms with Crippen molar-refractivity contribution in [1.29, 1.82) is 0 Å². The molecule has 0 saturated carbocycles. The summed E-state index contributed by atoms with van der Waals surface area (Å²) < 4.78 is 5.42. The average Bonchev–Trinajstić information content (AvgIpc) is 2.39. The first-order valence-electron chi connectivity index (χ1n) is 5.62. The van der Waals surface area contributed by atoms with Gasteiger partial charge in [-0.25, -0.2) is 4.79 Å². The summed E-state index contributed by atoms with van der Waals surface area (Å²) in [4.78, 5) is 10.8. The van der Waals surface area contributed by atoms with Gasteiger partial charge in [0, 0.05) is 32.4 Å². The Hall–Kier alpha value is -1.79. The highest BCUT2D eigenvalue weighted by Gasteiger charge is 2.21. The monoisotopic (exact) mass is 254 g/mol. The summed E-state index contributed by atoms with van der Waals surface area (Å²) >= 11 is 0. The first-order valence-corrected chi connectivity index (χ1v) is 5.62. The van der Waals surface area contributed by atoms with E-state index in [1.807, 2.05) is 6.07 Å². The van der Waals surface area contributed by atoms with Crippen LogP contribution >= 0.6 is 0 Å². The Kier molecular flexibility index (Phi) is 5.96. The number of methoxy groups -OCH3 is 1. The Bertz CT molecular complexity index is 354. The molecule has 6 nitrogen and oxygen atoms in total. The van der Waals surface area contributed by atoms with Gasteiger partial charge < -0.3 is 25.2 Å². The van der Waals surface area contributed by atoms with Crippen molar-refractivity contribution in [3.05, 3.63) is 30.3 Å². The zero-order chi connectivity index (χ0) is 13.4. The maximum absolute atomic E-state index is 8.56. The van der Waals surface area contributed by atoms with Gasteiger partial charge in [0.05, 0.1) is 0 Å². The van der Waals surface area contributed by atoms with Gasteiger partial charge in [-0.3, -0.25) is 0 Å². The van der Waals surface area contributed by atoms with Gasteiger partial charge in [0.2, 0.25) is 0 Å². The molecular formula is C12H18N2O4.